The summed E-state index contributed by atoms with van der Waals surface area (Å²) in [5.41, 5.74) is 2.66. The van der Waals surface area contributed by atoms with Crippen molar-refractivity contribution >= 4 is 28.1 Å². The standard InChI is InChI=1S/C23H26ClN/c1-17(2)25(23-12-10-22(24)11-13-23)15-14-18(3)20-9-8-19-6-4-5-7-21(19)16-20/h4-13,16-18H,14-15H2,1-3H3. The predicted molar refractivity (Wildman–Crippen MR) is 111 cm³/mol. The molecular weight excluding hydrogens is 326 g/mol. The normalized spacial score (nSPS) is 12.5. The third-order valence-electron chi connectivity index (χ3n) is 4.93. The van der Waals surface area contributed by atoms with Crippen molar-refractivity contribution < 1.29 is 0 Å². The zero-order chi connectivity index (χ0) is 17.8. The molecule has 0 heterocycles. The topological polar surface area (TPSA) is 3.24 Å². The molecule has 0 saturated carbocycles. The van der Waals surface area contributed by atoms with E-state index in [4.69, 9.17) is 11.6 Å². The van der Waals surface area contributed by atoms with E-state index in [-0.39, 0.29) is 0 Å². The molecule has 0 aliphatic rings. The fourth-order valence-corrected chi connectivity index (χ4v) is 3.46. The Hall–Kier alpha value is -1.99. The quantitative estimate of drug-likeness (QED) is 0.466. The molecule has 2 heteroatoms. The lowest BCUT2D eigenvalue weighted by Crippen LogP contribution is -2.32. The molecule has 25 heavy (non-hydrogen) atoms. The molecule has 130 valence electrons. The molecule has 1 atom stereocenters. The van der Waals surface area contributed by atoms with Gasteiger partial charge in [0, 0.05) is 23.3 Å². The third kappa shape index (κ3) is 4.35. The maximum absolute atomic E-state index is 6.03. The molecule has 1 nitrogen and oxygen atoms in total. The summed E-state index contributed by atoms with van der Waals surface area (Å²) in [6, 6.07) is 24.0. The number of rotatable bonds is 6. The number of nitrogens with zero attached hydrogens (tertiary/aromatic N) is 1. The van der Waals surface area contributed by atoms with Crippen molar-refractivity contribution in [3.05, 3.63) is 77.3 Å². The molecule has 0 bridgehead atoms. The highest BCUT2D eigenvalue weighted by atomic mass is 35.5. The molecule has 0 aromatic heterocycles. The first-order chi connectivity index (χ1) is 12.0. The van der Waals surface area contributed by atoms with Gasteiger partial charge in [-0.15, -0.1) is 0 Å². The Morgan fingerprint density at radius 1 is 0.840 bits per heavy atom. The van der Waals surface area contributed by atoms with Crippen molar-refractivity contribution in [3.8, 4) is 0 Å². The van der Waals surface area contributed by atoms with E-state index >= 15 is 0 Å². The third-order valence-corrected chi connectivity index (χ3v) is 5.18. The highest BCUT2D eigenvalue weighted by Crippen LogP contribution is 2.26. The summed E-state index contributed by atoms with van der Waals surface area (Å²) in [5.74, 6) is 0.526. The number of hydrogen-bond donors (Lipinski definition) is 0. The van der Waals surface area contributed by atoms with Crippen LogP contribution in [0.3, 0.4) is 0 Å². The fourth-order valence-electron chi connectivity index (χ4n) is 3.33. The van der Waals surface area contributed by atoms with Crippen molar-refractivity contribution in [1.29, 1.82) is 0 Å². The fraction of sp³-hybridized carbons (Fsp3) is 0.304. The number of halogens is 1. The highest BCUT2D eigenvalue weighted by Gasteiger charge is 2.13. The summed E-state index contributed by atoms with van der Waals surface area (Å²) in [6.45, 7) is 7.85. The second-order valence-corrected chi connectivity index (χ2v) is 7.50. The molecule has 0 radical (unpaired) electrons. The van der Waals surface area contributed by atoms with Gasteiger partial charge >= 0.3 is 0 Å². The average Bonchev–Trinajstić information content (AvgIpc) is 2.62. The van der Waals surface area contributed by atoms with Gasteiger partial charge in [-0.3, -0.25) is 0 Å². The maximum Gasteiger partial charge on any atom is 0.0407 e. The number of benzene rings is 3. The summed E-state index contributed by atoms with van der Waals surface area (Å²) in [4.78, 5) is 2.45. The van der Waals surface area contributed by atoms with Crippen LogP contribution in [0.1, 0.15) is 38.7 Å². The summed E-state index contributed by atoms with van der Waals surface area (Å²) in [7, 11) is 0. The smallest absolute Gasteiger partial charge is 0.0407 e. The van der Waals surface area contributed by atoms with Crippen LogP contribution in [0, 0.1) is 0 Å². The lowest BCUT2D eigenvalue weighted by atomic mass is 9.95. The summed E-state index contributed by atoms with van der Waals surface area (Å²) in [5, 5.41) is 3.42. The number of hydrogen-bond acceptors (Lipinski definition) is 1. The minimum Gasteiger partial charge on any atom is -0.369 e. The SMILES string of the molecule is CC(CCN(c1ccc(Cl)cc1)C(C)C)c1ccc2ccccc2c1. The maximum atomic E-state index is 6.03. The molecule has 0 fully saturated rings. The Labute approximate surface area is 156 Å². The van der Waals surface area contributed by atoms with Gasteiger partial charge in [0.05, 0.1) is 0 Å². The van der Waals surface area contributed by atoms with Gasteiger partial charge in [-0.25, -0.2) is 0 Å². The Kier molecular flexibility index (Phi) is 5.65. The van der Waals surface area contributed by atoms with Crippen molar-refractivity contribution in [3.63, 3.8) is 0 Å². The summed E-state index contributed by atoms with van der Waals surface area (Å²) >= 11 is 6.03. The lowest BCUT2D eigenvalue weighted by Gasteiger charge is -2.30. The number of fused-ring (bicyclic) bond motifs is 1. The Bertz CT molecular complexity index is 823. The predicted octanol–water partition coefficient (Wildman–Crippen LogP) is 6.90. The van der Waals surface area contributed by atoms with Crippen molar-refractivity contribution in [1.82, 2.24) is 0 Å². The first kappa shape index (κ1) is 17.8. The van der Waals surface area contributed by atoms with E-state index in [2.05, 4.69) is 80.3 Å². The van der Waals surface area contributed by atoms with Gasteiger partial charge in [-0.2, -0.15) is 0 Å². The van der Waals surface area contributed by atoms with Gasteiger partial charge in [0.2, 0.25) is 0 Å². The van der Waals surface area contributed by atoms with Crippen LogP contribution in [0.5, 0.6) is 0 Å². The van der Waals surface area contributed by atoms with Crippen molar-refractivity contribution in [2.24, 2.45) is 0 Å². The molecule has 0 spiro atoms. The second-order valence-electron chi connectivity index (χ2n) is 7.06. The second kappa shape index (κ2) is 7.93. The molecule has 0 aliphatic heterocycles. The molecule has 0 amide bonds. The van der Waals surface area contributed by atoms with E-state index in [0.717, 1.165) is 18.0 Å². The van der Waals surface area contributed by atoms with Crippen LogP contribution in [0.4, 0.5) is 5.69 Å². The number of anilines is 1. The molecule has 3 aromatic carbocycles. The lowest BCUT2D eigenvalue weighted by molar-refractivity contribution is 0.607. The van der Waals surface area contributed by atoms with Crippen LogP contribution in [-0.4, -0.2) is 12.6 Å². The minimum absolute atomic E-state index is 0.463. The van der Waals surface area contributed by atoms with Gasteiger partial charge < -0.3 is 4.90 Å². The highest BCUT2D eigenvalue weighted by molar-refractivity contribution is 6.30. The van der Waals surface area contributed by atoms with Crippen LogP contribution < -0.4 is 4.90 Å². The zero-order valence-corrected chi connectivity index (χ0v) is 16.0. The summed E-state index contributed by atoms with van der Waals surface area (Å²) < 4.78 is 0. The minimum atomic E-state index is 0.463. The molecule has 0 N–H and O–H groups in total. The Morgan fingerprint density at radius 2 is 1.52 bits per heavy atom. The Balaban J connectivity index is 1.72. The molecule has 3 aromatic rings. The largest absolute Gasteiger partial charge is 0.369 e. The van der Waals surface area contributed by atoms with E-state index in [1.54, 1.807) is 0 Å². The van der Waals surface area contributed by atoms with Crippen LogP contribution >= 0.6 is 11.6 Å². The van der Waals surface area contributed by atoms with E-state index in [0.29, 0.717) is 12.0 Å². The van der Waals surface area contributed by atoms with E-state index < -0.39 is 0 Å². The van der Waals surface area contributed by atoms with Crippen LogP contribution in [0.15, 0.2) is 66.7 Å². The zero-order valence-electron chi connectivity index (χ0n) is 15.2. The monoisotopic (exact) mass is 351 g/mol. The van der Waals surface area contributed by atoms with Gasteiger partial charge in [-0.05, 0) is 66.8 Å². The van der Waals surface area contributed by atoms with Crippen LogP contribution in [0.2, 0.25) is 5.02 Å². The van der Waals surface area contributed by atoms with E-state index in [1.807, 2.05) is 12.1 Å². The van der Waals surface area contributed by atoms with Gasteiger partial charge in [-0.1, -0.05) is 61.0 Å². The van der Waals surface area contributed by atoms with Crippen LogP contribution in [0.25, 0.3) is 10.8 Å². The van der Waals surface area contributed by atoms with Crippen molar-refractivity contribution in [2.75, 3.05) is 11.4 Å². The average molecular weight is 352 g/mol. The molecule has 3 rings (SSSR count). The molecule has 0 saturated heterocycles. The molecule has 1 unspecified atom stereocenters. The first-order valence-electron chi connectivity index (χ1n) is 9.05. The summed E-state index contributed by atoms with van der Waals surface area (Å²) in [6.07, 6.45) is 1.12. The van der Waals surface area contributed by atoms with E-state index in [1.165, 1.54) is 22.0 Å². The molecular formula is C23H26ClN. The van der Waals surface area contributed by atoms with Gasteiger partial charge in [0.1, 0.15) is 0 Å². The Morgan fingerprint density at radius 3 is 2.20 bits per heavy atom. The van der Waals surface area contributed by atoms with Crippen molar-refractivity contribution in [2.45, 2.75) is 39.2 Å². The van der Waals surface area contributed by atoms with Crippen LogP contribution in [-0.2, 0) is 0 Å². The van der Waals surface area contributed by atoms with Gasteiger partial charge in [0.15, 0.2) is 0 Å². The molecule has 0 aliphatic carbocycles. The van der Waals surface area contributed by atoms with Gasteiger partial charge in [0.25, 0.3) is 0 Å². The van der Waals surface area contributed by atoms with E-state index in [9.17, 15) is 0 Å². The first-order valence-corrected chi connectivity index (χ1v) is 9.43.